The maximum absolute atomic E-state index is 11.8. The second-order valence-corrected chi connectivity index (χ2v) is 7.22. The lowest BCUT2D eigenvalue weighted by Gasteiger charge is -2.08. The molecule has 0 aromatic carbocycles. The Hall–Kier alpha value is -0.570. The van der Waals surface area contributed by atoms with Crippen molar-refractivity contribution in [2.24, 2.45) is 0 Å². The van der Waals surface area contributed by atoms with Crippen molar-refractivity contribution in [3.05, 3.63) is 0 Å². The van der Waals surface area contributed by atoms with Gasteiger partial charge in [-0.25, -0.2) is 4.79 Å². The molecule has 24 heavy (non-hydrogen) atoms. The first-order chi connectivity index (χ1) is 11.6. The first kappa shape index (κ1) is 23.4. The Labute approximate surface area is 153 Å². The number of unbranched alkanes of at least 4 members (excludes halogenated alkanes) is 11. The van der Waals surface area contributed by atoms with Gasteiger partial charge in [0, 0.05) is 6.42 Å². The lowest BCUT2D eigenvalue weighted by atomic mass is 10.1. The molecule has 0 fully saturated rings. The molecule has 0 spiro atoms. The zero-order chi connectivity index (χ0) is 18.0. The third-order valence-electron chi connectivity index (χ3n) is 4.27. The molecule has 0 aliphatic heterocycles. The second kappa shape index (κ2) is 17.3. The molecule has 0 rings (SSSR count). The molecule has 0 aliphatic carbocycles. The van der Waals surface area contributed by atoms with Crippen molar-refractivity contribution in [2.45, 2.75) is 116 Å². The molecule has 142 valence electrons. The summed E-state index contributed by atoms with van der Waals surface area (Å²) in [6, 6.07) is 0. The van der Waals surface area contributed by atoms with E-state index in [2.05, 4.69) is 13.8 Å². The fourth-order valence-electron chi connectivity index (χ4n) is 2.68. The molecule has 4 heteroatoms. The van der Waals surface area contributed by atoms with Crippen LogP contribution in [0.4, 0.5) is 0 Å². The summed E-state index contributed by atoms with van der Waals surface area (Å²) in [5.74, 6) is -1.000. The van der Waals surface area contributed by atoms with Crippen molar-refractivity contribution >= 4 is 23.5 Å². The van der Waals surface area contributed by atoms with Crippen molar-refractivity contribution in [1.82, 2.24) is 0 Å². The van der Waals surface area contributed by atoms with Crippen LogP contribution in [0.1, 0.15) is 110 Å². The van der Waals surface area contributed by atoms with Crippen LogP contribution in [0.3, 0.4) is 0 Å². The van der Waals surface area contributed by atoms with Gasteiger partial charge in [-0.15, -0.1) is 11.6 Å². The van der Waals surface area contributed by atoms with E-state index < -0.39 is 17.3 Å². The zero-order valence-electron chi connectivity index (χ0n) is 15.8. The van der Waals surface area contributed by atoms with Crippen molar-refractivity contribution in [3.8, 4) is 0 Å². The number of hydrogen-bond donors (Lipinski definition) is 0. The van der Waals surface area contributed by atoms with Crippen LogP contribution in [0, 0.1) is 0 Å². The Morgan fingerprint density at radius 2 is 1.21 bits per heavy atom. The van der Waals surface area contributed by atoms with Gasteiger partial charge in [0.25, 0.3) is 0 Å². The molecule has 0 bridgehead atoms. The lowest BCUT2D eigenvalue weighted by Crippen LogP contribution is -2.21. The SMILES string of the molecule is CCCCCCCCCC(=O)OC(=O)C(Cl)CCCCCCCC. The van der Waals surface area contributed by atoms with Crippen LogP contribution in [0.25, 0.3) is 0 Å². The highest BCUT2D eigenvalue weighted by atomic mass is 35.5. The minimum Gasteiger partial charge on any atom is -0.392 e. The quantitative estimate of drug-likeness (QED) is 0.135. The predicted molar refractivity (Wildman–Crippen MR) is 101 cm³/mol. The predicted octanol–water partition coefficient (Wildman–Crippen LogP) is 6.55. The normalized spacial score (nSPS) is 12.1. The number of carbonyl (C=O) groups is 2. The minimum absolute atomic E-state index is 0.320. The third kappa shape index (κ3) is 15.0. The Morgan fingerprint density at radius 1 is 0.750 bits per heavy atom. The average molecular weight is 361 g/mol. The maximum Gasteiger partial charge on any atom is 0.331 e. The molecule has 0 saturated carbocycles. The van der Waals surface area contributed by atoms with Gasteiger partial charge in [0.05, 0.1) is 0 Å². The molecule has 0 radical (unpaired) electrons. The van der Waals surface area contributed by atoms with E-state index in [1.54, 1.807) is 0 Å². The number of alkyl halides is 1. The second-order valence-electron chi connectivity index (χ2n) is 6.69. The van der Waals surface area contributed by atoms with Gasteiger partial charge in [0.1, 0.15) is 5.38 Å². The van der Waals surface area contributed by atoms with Crippen molar-refractivity contribution in [3.63, 3.8) is 0 Å². The molecule has 3 nitrogen and oxygen atoms in total. The molecule has 0 aromatic rings. The molecule has 1 atom stereocenters. The summed E-state index contributed by atoms with van der Waals surface area (Å²) in [6.07, 6.45) is 15.8. The smallest absolute Gasteiger partial charge is 0.331 e. The van der Waals surface area contributed by atoms with Crippen LogP contribution < -0.4 is 0 Å². The highest BCUT2D eigenvalue weighted by Crippen LogP contribution is 2.14. The van der Waals surface area contributed by atoms with Crippen molar-refractivity contribution in [2.75, 3.05) is 0 Å². The van der Waals surface area contributed by atoms with Crippen molar-refractivity contribution < 1.29 is 14.3 Å². The largest absolute Gasteiger partial charge is 0.392 e. The van der Waals surface area contributed by atoms with E-state index >= 15 is 0 Å². The van der Waals surface area contributed by atoms with Crippen LogP contribution in [0.15, 0.2) is 0 Å². The standard InChI is InChI=1S/C20H37ClO3/c1-3-5-7-9-11-13-15-17-19(22)24-20(23)18(21)16-14-12-10-8-6-4-2/h18H,3-17H2,1-2H3. The van der Waals surface area contributed by atoms with E-state index in [1.165, 1.54) is 51.4 Å². The highest BCUT2D eigenvalue weighted by molar-refractivity contribution is 6.30. The summed E-state index contributed by atoms with van der Waals surface area (Å²) in [5.41, 5.74) is 0. The third-order valence-corrected chi connectivity index (χ3v) is 4.66. The van der Waals surface area contributed by atoms with Crippen LogP contribution >= 0.6 is 11.6 Å². The Kier molecular flexibility index (Phi) is 16.8. The topological polar surface area (TPSA) is 43.4 Å². The molecule has 0 amide bonds. The fourth-order valence-corrected chi connectivity index (χ4v) is 2.87. The number of esters is 2. The lowest BCUT2D eigenvalue weighted by molar-refractivity contribution is -0.159. The Bertz CT molecular complexity index is 318. The molecule has 1 unspecified atom stereocenters. The summed E-state index contributed by atoms with van der Waals surface area (Å²) in [6.45, 7) is 4.39. The first-order valence-electron chi connectivity index (χ1n) is 10.00. The fraction of sp³-hybridized carbons (Fsp3) is 0.900. The van der Waals surface area contributed by atoms with Crippen LogP contribution in [-0.2, 0) is 14.3 Å². The van der Waals surface area contributed by atoms with Gasteiger partial charge in [0.15, 0.2) is 0 Å². The van der Waals surface area contributed by atoms with Crippen molar-refractivity contribution in [1.29, 1.82) is 0 Å². The van der Waals surface area contributed by atoms with Crippen LogP contribution in [-0.4, -0.2) is 17.3 Å². The van der Waals surface area contributed by atoms with Gasteiger partial charge in [0.2, 0.25) is 0 Å². The summed E-state index contributed by atoms with van der Waals surface area (Å²) in [7, 11) is 0. The molecular weight excluding hydrogens is 324 g/mol. The molecule has 0 aliphatic rings. The van der Waals surface area contributed by atoms with E-state index in [4.69, 9.17) is 16.3 Å². The monoisotopic (exact) mass is 360 g/mol. The Balaban J connectivity index is 3.57. The molecule has 0 N–H and O–H groups in total. The zero-order valence-corrected chi connectivity index (χ0v) is 16.5. The first-order valence-corrected chi connectivity index (χ1v) is 10.4. The van der Waals surface area contributed by atoms with Crippen LogP contribution in [0.2, 0.25) is 0 Å². The highest BCUT2D eigenvalue weighted by Gasteiger charge is 2.19. The number of ether oxygens (including phenoxy) is 1. The van der Waals surface area contributed by atoms with E-state index in [0.717, 1.165) is 32.1 Å². The molecule has 0 saturated heterocycles. The minimum atomic E-state index is -0.686. The summed E-state index contributed by atoms with van der Waals surface area (Å²) < 4.78 is 4.84. The summed E-state index contributed by atoms with van der Waals surface area (Å²) >= 11 is 6.02. The number of rotatable bonds is 16. The number of hydrogen-bond acceptors (Lipinski definition) is 3. The van der Waals surface area contributed by atoms with E-state index in [9.17, 15) is 9.59 Å². The summed E-state index contributed by atoms with van der Waals surface area (Å²) in [5, 5.41) is -0.686. The van der Waals surface area contributed by atoms with E-state index in [0.29, 0.717) is 12.8 Å². The number of halogens is 1. The van der Waals surface area contributed by atoms with Gasteiger partial charge < -0.3 is 4.74 Å². The van der Waals surface area contributed by atoms with Gasteiger partial charge in [-0.1, -0.05) is 90.9 Å². The Morgan fingerprint density at radius 3 is 1.75 bits per heavy atom. The average Bonchev–Trinajstić information content (AvgIpc) is 2.56. The van der Waals surface area contributed by atoms with Crippen LogP contribution in [0.5, 0.6) is 0 Å². The molecule has 0 heterocycles. The maximum atomic E-state index is 11.8. The van der Waals surface area contributed by atoms with Gasteiger partial charge in [-0.3, -0.25) is 4.79 Å². The molecule has 0 aromatic heterocycles. The van der Waals surface area contributed by atoms with Gasteiger partial charge in [-0.2, -0.15) is 0 Å². The van der Waals surface area contributed by atoms with Gasteiger partial charge >= 0.3 is 11.9 Å². The van der Waals surface area contributed by atoms with Gasteiger partial charge in [-0.05, 0) is 12.8 Å². The number of carbonyl (C=O) groups excluding carboxylic acids is 2. The summed E-state index contributed by atoms with van der Waals surface area (Å²) in [4.78, 5) is 23.4. The molecular formula is C20H37ClO3. The van der Waals surface area contributed by atoms with E-state index in [-0.39, 0.29) is 0 Å². The van der Waals surface area contributed by atoms with E-state index in [1.807, 2.05) is 0 Å².